The molecule has 0 radical (unpaired) electrons. The van der Waals surface area contributed by atoms with E-state index in [4.69, 9.17) is 16.3 Å². The number of benzene rings is 1. The van der Waals surface area contributed by atoms with Crippen molar-refractivity contribution in [1.29, 1.82) is 0 Å². The van der Waals surface area contributed by atoms with Crippen molar-refractivity contribution in [2.24, 2.45) is 0 Å². The molecule has 1 heterocycles. The number of methoxy groups -OCH3 is 1. The summed E-state index contributed by atoms with van der Waals surface area (Å²) in [6, 6.07) is 7.57. The highest BCUT2D eigenvalue weighted by atomic mass is 35.5. The summed E-state index contributed by atoms with van der Waals surface area (Å²) in [5.41, 5.74) is 0.914. The fraction of sp³-hybridized carbons (Fsp3) is 0.167. The van der Waals surface area contributed by atoms with Crippen LogP contribution in [0.3, 0.4) is 0 Å². The highest BCUT2D eigenvalue weighted by Gasteiger charge is 2.13. The Bertz CT molecular complexity index is 571. The van der Waals surface area contributed by atoms with Crippen LogP contribution in [-0.4, -0.2) is 25.4 Å². The first-order valence-electron chi connectivity index (χ1n) is 5.15. The molecule has 0 N–H and O–H groups in total. The van der Waals surface area contributed by atoms with E-state index in [0.29, 0.717) is 16.3 Å². The van der Waals surface area contributed by atoms with Gasteiger partial charge in [0, 0.05) is 18.8 Å². The van der Waals surface area contributed by atoms with Gasteiger partial charge >= 0.3 is 0 Å². The zero-order valence-corrected chi connectivity index (χ0v) is 11.5. The summed E-state index contributed by atoms with van der Waals surface area (Å²) in [5.74, 6) is 0.762. The van der Waals surface area contributed by atoms with E-state index in [2.05, 4.69) is 4.98 Å². The zero-order valence-electron chi connectivity index (χ0n) is 9.88. The van der Waals surface area contributed by atoms with E-state index in [0.717, 1.165) is 11.4 Å². The number of hydrogen-bond donors (Lipinski definition) is 0. The number of hydrogen-bond acceptors (Lipinski definition) is 5. The number of rotatable bonds is 4. The molecule has 0 saturated heterocycles. The molecule has 1 aromatic carbocycles. The normalized spacial score (nSPS) is 10.2. The van der Waals surface area contributed by atoms with Crippen LogP contribution in [0, 0.1) is 0 Å². The molecule has 18 heavy (non-hydrogen) atoms. The lowest BCUT2D eigenvalue weighted by atomic mass is 10.3. The maximum absolute atomic E-state index is 10.7. The third kappa shape index (κ3) is 2.47. The van der Waals surface area contributed by atoms with Crippen molar-refractivity contribution in [2.75, 3.05) is 19.1 Å². The van der Waals surface area contributed by atoms with E-state index >= 15 is 0 Å². The van der Waals surface area contributed by atoms with Gasteiger partial charge in [0.2, 0.25) is 0 Å². The van der Waals surface area contributed by atoms with Gasteiger partial charge in [-0.2, -0.15) is 0 Å². The fourth-order valence-corrected chi connectivity index (χ4v) is 2.49. The first kappa shape index (κ1) is 12.9. The Balaban J connectivity index is 2.34. The van der Waals surface area contributed by atoms with Gasteiger partial charge in [-0.1, -0.05) is 29.0 Å². The number of ether oxygens (including phenoxy) is 1. The molecule has 0 saturated carbocycles. The minimum absolute atomic E-state index is 0.236. The second kappa shape index (κ2) is 5.37. The number of nitrogens with zero attached hydrogens (tertiary/aromatic N) is 2. The molecule has 0 fully saturated rings. The predicted molar refractivity (Wildman–Crippen MR) is 73.6 cm³/mol. The predicted octanol–water partition coefficient (Wildman–Crippen LogP) is 3.39. The molecule has 0 spiro atoms. The molecule has 2 rings (SSSR count). The molecule has 1 aromatic heterocycles. The van der Waals surface area contributed by atoms with Crippen LogP contribution in [0.2, 0.25) is 5.15 Å². The van der Waals surface area contributed by atoms with Gasteiger partial charge in [-0.3, -0.25) is 4.79 Å². The van der Waals surface area contributed by atoms with Gasteiger partial charge in [0.1, 0.15) is 10.6 Å². The number of thiazole rings is 1. The third-order valence-electron chi connectivity index (χ3n) is 2.43. The molecule has 0 bridgehead atoms. The highest BCUT2D eigenvalue weighted by Crippen LogP contribution is 2.32. The third-order valence-corrected chi connectivity index (χ3v) is 3.89. The highest BCUT2D eigenvalue weighted by molar-refractivity contribution is 7.17. The van der Waals surface area contributed by atoms with Gasteiger partial charge < -0.3 is 9.64 Å². The Morgan fingerprint density at radius 2 is 2.28 bits per heavy atom. The molecule has 0 aliphatic carbocycles. The number of carbonyl (C=O) groups excluding carboxylic acids is 1. The molecule has 0 aliphatic heterocycles. The van der Waals surface area contributed by atoms with Gasteiger partial charge in [-0.25, -0.2) is 4.98 Å². The van der Waals surface area contributed by atoms with Crippen molar-refractivity contribution in [3.05, 3.63) is 34.3 Å². The van der Waals surface area contributed by atoms with E-state index in [1.807, 2.05) is 36.2 Å². The lowest BCUT2D eigenvalue weighted by Gasteiger charge is -2.16. The van der Waals surface area contributed by atoms with E-state index in [1.54, 1.807) is 7.11 Å². The summed E-state index contributed by atoms with van der Waals surface area (Å²) in [7, 11) is 3.47. The van der Waals surface area contributed by atoms with Crippen molar-refractivity contribution < 1.29 is 9.53 Å². The van der Waals surface area contributed by atoms with Gasteiger partial charge in [-0.15, -0.1) is 0 Å². The monoisotopic (exact) mass is 282 g/mol. The number of halogens is 1. The average molecular weight is 283 g/mol. The quantitative estimate of drug-likeness (QED) is 0.806. The standard InChI is InChI=1S/C12H11ClN2O2S/c1-15(8-4-3-5-9(6-8)17-2)12-14-11(13)10(7-16)18-12/h3-7H,1-2H3. The van der Waals surface area contributed by atoms with Crippen LogP contribution >= 0.6 is 22.9 Å². The second-order valence-electron chi connectivity index (χ2n) is 3.53. The topological polar surface area (TPSA) is 42.4 Å². The van der Waals surface area contributed by atoms with Crippen LogP contribution in [0.1, 0.15) is 9.67 Å². The van der Waals surface area contributed by atoms with E-state index in [1.165, 1.54) is 11.3 Å². The van der Waals surface area contributed by atoms with Crippen molar-refractivity contribution >= 4 is 40.0 Å². The molecule has 6 heteroatoms. The molecule has 0 unspecified atom stereocenters. The van der Waals surface area contributed by atoms with Crippen molar-refractivity contribution in [1.82, 2.24) is 4.98 Å². The lowest BCUT2D eigenvalue weighted by Crippen LogP contribution is -2.08. The van der Waals surface area contributed by atoms with Crippen molar-refractivity contribution in [3.63, 3.8) is 0 Å². The molecule has 4 nitrogen and oxygen atoms in total. The first-order chi connectivity index (χ1) is 8.65. The maximum Gasteiger partial charge on any atom is 0.191 e. The maximum atomic E-state index is 10.7. The Labute approximate surface area is 114 Å². The van der Waals surface area contributed by atoms with Crippen LogP contribution < -0.4 is 9.64 Å². The Morgan fingerprint density at radius 3 is 2.89 bits per heavy atom. The van der Waals surface area contributed by atoms with Gasteiger partial charge in [0.15, 0.2) is 16.6 Å². The van der Waals surface area contributed by atoms with E-state index < -0.39 is 0 Å². The molecule has 94 valence electrons. The summed E-state index contributed by atoms with van der Waals surface area (Å²) < 4.78 is 5.17. The van der Waals surface area contributed by atoms with Crippen molar-refractivity contribution in [3.8, 4) is 5.75 Å². The van der Waals surface area contributed by atoms with Gasteiger partial charge in [0.05, 0.1) is 7.11 Å². The van der Waals surface area contributed by atoms with Crippen LogP contribution in [-0.2, 0) is 0 Å². The van der Waals surface area contributed by atoms with Crippen LogP contribution in [0.5, 0.6) is 5.75 Å². The molecular formula is C12H11ClN2O2S. The molecule has 0 amide bonds. The smallest absolute Gasteiger partial charge is 0.191 e. The minimum atomic E-state index is 0.236. The Kier molecular flexibility index (Phi) is 3.84. The largest absolute Gasteiger partial charge is 0.497 e. The van der Waals surface area contributed by atoms with E-state index in [9.17, 15) is 4.79 Å². The SMILES string of the molecule is COc1cccc(N(C)c2nc(Cl)c(C=O)s2)c1. The van der Waals surface area contributed by atoms with Crippen LogP contribution in [0.4, 0.5) is 10.8 Å². The van der Waals surface area contributed by atoms with Crippen LogP contribution in [0.25, 0.3) is 0 Å². The average Bonchev–Trinajstić information content (AvgIpc) is 2.79. The van der Waals surface area contributed by atoms with Crippen molar-refractivity contribution in [2.45, 2.75) is 0 Å². The molecule has 0 atom stereocenters. The fourth-order valence-electron chi connectivity index (χ4n) is 1.45. The lowest BCUT2D eigenvalue weighted by molar-refractivity contribution is 0.112. The van der Waals surface area contributed by atoms with Gasteiger partial charge in [0.25, 0.3) is 0 Å². The summed E-state index contributed by atoms with van der Waals surface area (Å²) in [4.78, 5) is 17.2. The summed E-state index contributed by atoms with van der Waals surface area (Å²) >= 11 is 7.10. The van der Waals surface area contributed by atoms with Gasteiger partial charge in [-0.05, 0) is 12.1 Å². The van der Waals surface area contributed by atoms with E-state index in [-0.39, 0.29) is 5.15 Å². The zero-order chi connectivity index (χ0) is 13.1. The summed E-state index contributed by atoms with van der Waals surface area (Å²) in [6.45, 7) is 0. The molecule has 0 aliphatic rings. The number of aromatic nitrogens is 1. The molecular weight excluding hydrogens is 272 g/mol. The molecule has 2 aromatic rings. The Morgan fingerprint density at radius 1 is 1.50 bits per heavy atom. The second-order valence-corrected chi connectivity index (χ2v) is 4.90. The summed E-state index contributed by atoms with van der Waals surface area (Å²) in [5, 5.41) is 0.898. The number of carbonyl (C=O) groups is 1. The Hall–Kier alpha value is -1.59. The van der Waals surface area contributed by atoms with Crippen LogP contribution in [0.15, 0.2) is 24.3 Å². The number of anilines is 2. The first-order valence-corrected chi connectivity index (χ1v) is 6.34. The number of aldehydes is 1. The summed E-state index contributed by atoms with van der Waals surface area (Å²) in [6.07, 6.45) is 0.711. The minimum Gasteiger partial charge on any atom is -0.497 e.